The highest BCUT2D eigenvalue weighted by atomic mass is 35.5. The summed E-state index contributed by atoms with van der Waals surface area (Å²) >= 11 is 6.35. The second-order valence-corrected chi connectivity index (χ2v) is 10.9. The second-order valence-electron chi connectivity index (χ2n) is 10.5. The van der Waals surface area contributed by atoms with E-state index in [9.17, 15) is 14.3 Å². The normalized spacial score (nSPS) is 25.2. The van der Waals surface area contributed by atoms with Gasteiger partial charge in [-0.25, -0.2) is 13.9 Å². The van der Waals surface area contributed by atoms with Crippen molar-refractivity contribution in [2.45, 2.75) is 83.8 Å². The average Bonchev–Trinajstić information content (AvgIpc) is 3.47. The van der Waals surface area contributed by atoms with Gasteiger partial charge in [-0.3, -0.25) is 9.69 Å². The van der Waals surface area contributed by atoms with Crippen LogP contribution in [0.3, 0.4) is 0 Å². The van der Waals surface area contributed by atoms with E-state index < -0.39 is 5.82 Å². The number of rotatable bonds is 5. The molecule has 3 aromatic rings. The summed E-state index contributed by atoms with van der Waals surface area (Å²) < 4.78 is 22.3. The Morgan fingerprint density at radius 3 is 2.81 bits per heavy atom. The van der Waals surface area contributed by atoms with Crippen LogP contribution < -0.4 is 4.74 Å². The van der Waals surface area contributed by atoms with Crippen molar-refractivity contribution in [3.8, 4) is 5.75 Å². The van der Waals surface area contributed by atoms with Gasteiger partial charge in [0.1, 0.15) is 17.7 Å². The fraction of sp³-hybridized carbons (Fsp3) is 0.519. The molecule has 0 aliphatic carbocycles. The zero-order valence-electron chi connectivity index (χ0n) is 21.2. The fourth-order valence-electron chi connectivity index (χ4n) is 6.34. The molecule has 0 saturated carbocycles. The highest BCUT2D eigenvalue weighted by molar-refractivity contribution is 6.31. The van der Waals surface area contributed by atoms with Gasteiger partial charge in [0.25, 0.3) is 5.91 Å². The van der Waals surface area contributed by atoms with E-state index in [-0.39, 0.29) is 35.9 Å². The molecule has 2 bridgehead atoms. The molecule has 3 aliphatic heterocycles. The Morgan fingerprint density at radius 2 is 2.05 bits per heavy atom. The van der Waals surface area contributed by atoms with Crippen LogP contribution in [0.15, 0.2) is 18.2 Å². The maximum atomic E-state index is 14.3. The van der Waals surface area contributed by atoms with Crippen LogP contribution in [0.25, 0.3) is 5.65 Å². The number of hydrogen-bond donors (Lipinski definition) is 1. The molecule has 0 unspecified atom stereocenters. The lowest BCUT2D eigenvalue weighted by molar-refractivity contribution is 0.0248. The summed E-state index contributed by atoms with van der Waals surface area (Å²) in [6.45, 7) is 7.52. The molecule has 2 aromatic heterocycles. The van der Waals surface area contributed by atoms with E-state index in [1.807, 2.05) is 13.8 Å². The van der Waals surface area contributed by atoms with Crippen LogP contribution in [0.2, 0.25) is 5.02 Å². The average molecular weight is 528 g/mol. The molecule has 0 radical (unpaired) electrons. The number of amides is 1. The summed E-state index contributed by atoms with van der Waals surface area (Å²) in [6.07, 6.45) is 2.59. The van der Waals surface area contributed by atoms with Crippen molar-refractivity contribution in [2.24, 2.45) is 0 Å². The van der Waals surface area contributed by atoms with Crippen LogP contribution >= 0.6 is 11.6 Å². The van der Waals surface area contributed by atoms with Crippen LogP contribution in [0.4, 0.5) is 4.39 Å². The molecule has 10 heteroatoms. The van der Waals surface area contributed by atoms with Gasteiger partial charge in [-0.1, -0.05) is 18.5 Å². The number of carbonyl (C=O) groups is 1. The predicted octanol–water partition coefficient (Wildman–Crippen LogP) is 4.05. The van der Waals surface area contributed by atoms with Crippen LogP contribution in [0, 0.1) is 19.7 Å². The minimum atomic E-state index is -0.452. The minimum absolute atomic E-state index is 0.0364. The molecule has 2 saturated heterocycles. The first-order chi connectivity index (χ1) is 17.7. The van der Waals surface area contributed by atoms with Gasteiger partial charge in [0.05, 0.1) is 46.9 Å². The largest absolute Gasteiger partial charge is 0.489 e. The van der Waals surface area contributed by atoms with Crippen molar-refractivity contribution in [1.82, 2.24) is 24.4 Å². The second kappa shape index (κ2) is 9.22. The van der Waals surface area contributed by atoms with Gasteiger partial charge in [0.2, 0.25) is 0 Å². The SMILES string of the molecule is CCCN1[C@H]2C[C@H](Oc3cc(F)ccc3C(=O)N3Cc4nn5c(C)c(Cl)c(C)nc5c4C3)C[C@@H]1[C@@H](O)C2. The molecule has 1 N–H and O–H groups in total. The number of fused-ring (bicyclic) bond motifs is 5. The summed E-state index contributed by atoms with van der Waals surface area (Å²) in [4.78, 5) is 22.3. The first-order valence-electron chi connectivity index (χ1n) is 13.0. The molecule has 5 heterocycles. The molecule has 8 nitrogen and oxygen atoms in total. The van der Waals surface area contributed by atoms with Gasteiger partial charge in [0.15, 0.2) is 5.65 Å². The van der Waals surface area contributed by atoms with Crippen molar-refractivity contribution < 1.29 is 19.0 Å². The van der Waals surface area contributed by atoms with Crippen LogP contribution in [-0.2, 0) is 13.1 Å². The van der Waals surface area contributed by atoms with Gasteiger partial charge in [0, 0.05) is 30.1 Å². The summed E-state index contributed by atoms with van der Waals surface area (Å²) in [5, 5.41) is 15.8. The monoisotopic (exact) mass is 527 g/mol. The van der Waals surface area contributed by atoms with Crippen molar-refractivity contribution in [3.63, 3.8) is 0 Å². The number of aliphatic hydroxyl groups excluding tert-OH is 1. The van der Waals surface area contributed by atoms with E-state index in [0.29, 0.717) is 35.7 Å². The molecule has 2 fully saturated rings. The van der Waals surface area contributed by atoms with Crippen LogP contribution in [-0.4, -0.2) is 66.2 Å². The third-order valence-electron chi connectivity index (χ3n) is 8.08. The molecule has 6 rings (SSSR count). The van der Waals surface area contributed by atoms with E-state index in [0.717, 1.165) is 48.5 Å². The van der Waals surface area contributed by atoms with E-state index >= 15 is 0 Å². The number of benzene rings is 1. The Morgan fingerprint density at radius 1 is 1.24 bits per heavy atom. The lowest BCUT2D eigenvalue weighted by Crippen LogP contribution is -2.48. The third-order valence-corrected chi connectivity index (χ3v) is 8.63. The highest BCUT2D eigenvalue weighted by Crippen LogP contribution is 2.39. The van der Waals surface area contributed by atoms with E-state index in [4.69, 9.17) is 16.3 Å². The molecule has 1 amide bonds. The number of carbonyl (C=O) groups excluding carboxylic acids is 1. The first kappa shape index (κ1) is 24.6. The van der Waals surface area contributed by atoms with Crippen LogP contribution in [0.1, 0.15) is 65.6 Å². The number of hydrogen-bond acceptors (Lipinski definition) is 6. The van der Waals surface area contributed by atoms with Crippen LogP contribution in [0.5, 0.6) is 5.75 Å². The Labute approximate surface area is 220 Å². The molecule has 4 atom stereocenters. The van der Waals surface area contributed by atoms with Gasteiger partial charge in [-0.15, -0.1) is 0 Å². The first-order valence-corrected chi connectivity index (χ1v) is 13.3. The third kappa shape index (κ3) is 4.08. The van der Waals surface area contributed by atoms with E-state index in [1.54, 1.807) is 9.42 Å². The lowest BCUT2D eigenvalue weighted by atomic mass is 9.99. The maximum absolute atomic E-state index is 14.3. The Balaban J connectivity index is 1.23. The zero-order chi connectivity index (χ0) is 26.0. The number of ether oxygens (including phenoxy) is 1. The molecule has 3 aliphatic rings. The maximum Gasteiger partial charge on any atom is 0.258 e. The standard InChI is InChI=1S/C27H31ClFN5O3/c1-4-7-33-17-9-18(11-22(33)23(35)10-17)37-24-8-16(29)5-6-19(24)27(36)32-12-20-21(13-32)31-34-15(3)25(28)14(2)30-26(20)34/h5-6,8,17-18,22-23,35H,4,7,9-13H2,1-3H3/t17-,18-,22+,23-/m0/s1. The lowest BCUT2D eigenvalue weighted by Gasteiger charge is -2.39. The number of aliphatic hydroxyl groups is 1. The summed E-state index contributed by atoms with van der Waals surface area (Å²) in [6, 6.07) is 4.37. The summed E-state index contributed by atoms with van der Waals surface area (Å²) in [5.41, 5.74) is 4.25. The van der Waals surface area contributed by atoms with Gasteiger partial charge in [-0.05, 0) is 51.8 Å². The number of piperidine rings is 1. The fourth-order valence-corrected chi connectivity index (χ4v) is 6.46. The molecule has 0 spiro atoms. The van der Waals surface area contributed by atoms with Gasteiger partial charge in [-0.2, -0.15) is 5.10 Å². The van der Waals surface area contributed by atoms with Gasteiger partial charge < -0.3 is 14.7 Å². The topological polar surface area (TPSA) is 83.2 Å². The van der Waals surface area contributed by atoms with E-state index in [1.165, 1.54) is 18.2 Å². The Kier molecular flexibility index (Phi) is 6.12. The van der Waals surface area contributed by atoms with Gasteiger partial charge >= 0.3 is 0 Å². The van der Waals surface area contributed by atoms with Crippen molar-refractivity contribution in [1.29, 1.82) is 0 Å². The number of halogens is 2. The minimum Gasteiger partial charge on any atom is -0.489 e. The van der Waals surface area contributed by atoms with E-state index in [2.05, 4.69) is 21.9 Å². The Bertz CT molecular complexity index is 1390. The molecular weight excluding hydrogens is 497 g/mol. The molecular formula is C27H31ClFN5O3. The predicted molar refractivity (Wildman–Crippen MR) is 136 cm³/mol. The molecule has 196 valence electrons. The zero-order valence-corrected chi connectivity index (χ0v) is 22.0. The molecule has 37 heavy (non-hydrogen) atoms. The van der Waals surface area contributed by atoms with Crippen molar-refractivity contribution >= 4 is 23.2 Å². The Hall–Kier alpha value is -2.75. The highest BCUT2D eigenvalue weighted by Gasteiger charge is 2.46. The number of aryl methyl sites for hydroxylation is 2. The summed E-state index contributed by atoms with van der Waals surface area (Å²) in [5.74, 6) is -0.435. The van der Waals surface area contributed by atoms with Crippen molar-refractivity contribution in [3.05, 3.63) is 57.2 Å². The smallest absolute Gasteiger partial charge is 0.258 e. The summed E-state index contributed by atoms with van der Waals surface area (Å²) in [7, 11) is 0. The quantitative estimate of drug-likeness (QED) is 0.539. The number of nitrogens with zero attached hydrogens (tertiary/aromatic N) is 5. The molecule has 1 aromatic carbocycles. The number of aromatic nitrogens is 3. The van der Waals surface area contributed by atoms with Crippen molar-refractivity contribution in [2.75, 3.05) is 6.54 Å².